The highest BCUT2D eigenvalue weighted by molar-refractivity contribution is 6.74. The molecule has 0 aromatic rings. The molecule has 1 saturated heterocycles. The SMILES string of the molecule is CCC[C@H]1CC(O[Si](C)(C)C(C)(C)C)=C[C@@H](OC)[C@@H]1C(=O)N1CCOC1=O. The van der Waals surface area contributed by atoms with Crippen molar-refractivity contribution in [1.82, 2.24) is 4.90 Å². The number of amides is 2. The first-order valence-electron chi connectivity index (χ1n) is 9.92. The van der Waals surface area contributed by atoms with Gasteiger partial charge in [-0.25, -0.2) is 9.69 Å². The monoisotopic (exact) mass is 397 g/mol. The summed E-state index contributed by atoms with van der Waals surface area (Å²) in [4.78, 5) is 26.2. The zero-order valence-corrected chi connectivity index (χ0v) is 18.8. The van der Waals surface area contributed by atoms with Gasteiger partial charge in [-0.2, -0.15) is 0 Å². The summed E-state index contributed by atoms with van der Waals surface area (Å²) < 4.78 is 17.2. The van der Waals surface area contributed by atoms with E-state index in [0.29, 0.717) is 13.0 Å². The summed E-state index contributed by atoms with van der Waals surface area (Å²) in [5.74, 6) is 0.448. The average molecular weight is 398 g/mol. The molecule has 0 aromatic heterocycles. The Balaban J connectivity index is 2.29. The van der Waals surface area contributed by atoms with Crippen LogP contribution in [0, 0.1) is 11.8 Å². The number of methoxy groups -OCH3 is 1. The number of ether oxygens (including phenoxy) is 2. The number of imide groups is 1. The van der Waals surface area contributed by atoms with Gasteiger partial charge in [-0.3, -0.25) is 4.79 Å². The molecular weight excluding hydrogens is 362 g/mol. The van der Waals surface area contributed by atoms with E-state index in [0.717, 1.165) is 18.6 Å². The van der Waals surface area contributed by atoms with E-state index in [1.54, 1.807) is 7.11 Å². The third-order valence-electron chi connectivity index (χ3n) is 6.11. The first-order valence-corrected chi connectivity index (χ1v) is 12.8. The number of hydrogen-bond donors (Lipinski definition) is 0. The van der Waals surface area contributed by atoms with Gasteiger partial charge in [0.05, 0.1) is 24.3 Å². The lowest BCUT2D eigenvalue weighted by Gasteiger charge is -2.41. The molecular formula is C20H35NO5Si. The quantitative estimate of drug-likeness (QED) is 0.625. The van der Waals surface area contributed by atoms with Crippen LogP contribution in [-0.4, -0.2) is 51.6 Å². The van der Waals surface area contributed by atoms with Crippen LogP contribution < -0.4 is 0 Å². The van der Waals surface area contributed by atoms with E-state index in [4.69, 9.17) is 13.9 Å². The van der Waals surface area contributed by atoms with Gasteiger partial charge in [0.2, 0.25) is 14.2 Å². The van der Waals surface area contributed by atoms with E-state index in [-0.39, 0.29) is 29.4 Å². The predicted octanol–water partition coefficient (Wildman–Crippen LogP) is 4.32. The summed E-state index contributed by atoms with van der Waals surface area (Å²) in [6.07, 6.45) is 3.57. The van der Waals surface area contributed by atoms with Crippen molar-refractivity contribution in [2.75, 3.05) is 20.3 Å². The lowest BCUT2D eigenvalue weighted by molar-refractivity contribution is -0.138. The highest BCUT2D eigenvalue weighted by atomic mass is 28.4. The van der Waals surface area contributed by atoms with Crippen molar-refractivity contribution in [2.24, 2.45) is 11.8 Å². The van der Waals surface area contributed by atoms with Crippen LogP contribution in [0.3, 0.4) is 0 Å². The maximum Gasteiger partial charge on any atom is 0.416 e. The standard InChI is InChI=1S/C20H35NO5Si/c1-8-9-14-12-15(26-27(6,7)20(2,3)4)13-16(24-5)17(14)18(22)21-10-11-25-19(21)23/h13-14,16-17H,8-12H2,1-7H3/t14-,16+,17+/m0/s1. The van der Waals surface area contributed by atoms with Crippen LogP contribution in [0.5, 0.6) is 0 Å². The fourth-order valence-corrected chi connectivity index (χ4v) is 4.66. The molecule has 3 atom stereocenters. The molecule has 0 spiro atoms. The van der Waals surface area contributed by atoms with E-state index in [1.165, 1.54) is 4.90 Å². The van der Waals surface area contributed by atoms with Gasteiger partial charge in [-0.15, -0.1) is 0 Å². The normalized spacial score (nSPS) is 26.6. The Bertz CT molecular complexity index is 596. The van der Waals surface area contributed by atoms with Gasteiger partial charge in [0, 0.05) is 13.5 Å². The van der Waals surface area contributed by atoms with Gasteiger partial charge in [-0.1, -0.05) is 34.1 Å². The van der Waals surface area contributed by atoms with Gasteiger partial charge >= 0.3 is 6.09 Å². The summed E-state index contributed by atoms with van der Waals surface area (Å²) in [5, 5.41) is 0.0998. The Morgan fingerprint density at radius 3 is 2.52 bits per heavy atom. The molecule has 154 valence electrons. The molecule has 0 saturated carbocycles. The molecule has 2 aliphatic rings. The summed E-state index contributed by atoms with van der Waals surface area (Å²) in [5.41, 5.74) is 0. The van der Waals surface area contributed by atoms with Gasteiger partial charge in [-0.05, 0) is 36.5 Å². The molecule has 0 bridgehead atoms. The van der Waals surface area contributed by atoms with E-state index in [9.17, 15) is 9.59 Å². The molecule has 0 aromatic carbocycles. The Kier molecular flexibility index (Phi) is 6.79. The van der Waals surface area contributed by atoms with Crippen LogP contribution in [0.1, 0.15) is 47.0 Å². The lowest BCUT2D eigenvalue weighted by atomic mass is 9.77. The second-order valence-corrected chi connectivity index (χ2v) is 13.8. The third-order valence-corrected chi connectivity index (χ3v) is 10.5. The van der Waals surface area contributed by atoms with Crippen LogP contribution in [0.4, 0.5) is 4.79 Å². The van der Waals surface area contributed by atoms with Crippen LogP contribution in [-0.2, 0) is 18.7 Å². The minimum Gasteiger partial charge on any atom is -0.547 e. The van der Waals surface area contributed by atoms with Crippen LogP contribution in [0.25, 0.3) is 0 Å². The fourth-order valence-electron chi connectivity index (χ4n) is 3.55. The minimum absolute atomic E-state index is 0.0885. The highest BCUT2D eigenvalue weighted by Gasteiger charge is 2.46. The Morgan fingerprint density at radius 1 is 1.37 bits per heavy atom. The maximum atomic E-state index is 13.1. The molecule has 7 heteroatoms. The van der Waals surface area contributed by atoms with E-state index in [2.05, 4.69) is 40.8 Å². The van der Waals surface area contributed by atoms with Gasteiger partial charge in [0.25, 0.3) is 0 Å². The summed E-state index contributed by atoms with van der Waals surface area (Å²) in [6, 6.07) is 0. The number of carbonyl (C=O) groups excluding carboxylic acids is 2. The van der Waals surface area contributed by atoms with E-state index in [1.807, 2.05) is 6.08 Å². The molecule has 2 rings (SSSR count). The molecule has 2 amide bonds. The highest BCUT2D eigenvalue weighted by Crippen LogP contribution is 2.42. The smallest absolute Gasteiger partial charge is 0.416 e. The van der Waals surface area contributed by atoms with Gasteiger partial charge in [0.15, 0.2) is 0 Å². The van der Waals surface area contributed by atoms with Crippen LogP contribution in [0.2, 0.25) is 18.1 Å². The fraction of sp³-hybridized carbons (Fsp3) is 0.800. The summed E-state index contributed by atoms with van der Waals surface area (Å²) in [7, 11) is -0.353. The van der Waals surface area contributed by atoms with Crippen molar-refractivity contribution in [2.45, 2.75) is 71.2 Å². The average Bonchev–Trinajstić information content (AvgIpc) is 2.98. The zero-order chi connectivity index (χ0) is 20.4. The Morgan fingerprint density at radius 2 is 2.04 bits per heavy atom. The molecule has 0 radical (unpaired) electrons. The predicted molar refractivity (Wildman–Crippen MR) is 107 cm³/mol. The first kappa shape index (κ1) is 22.0. The van der Waals surface area contributed by atoms with E-state index < -0.39 is 20.5 Å². The molecule has 6 nitrogen and oxygen atoms in total. The number of cyclic esters (lactones) is 1. The number of carbonyl (C=O) groups is 2. The maximum absolute atomic E-state index is 13.1. The minimum atomic E-state index is -1.97. The summed E-state index contributed by atoms with van der Waals surface area (Å²) >= 11 is 0. The number of rotatable bonds is 6. The van der Waals surface area contributed by atoms with Crippen molar-refractivity contribution >= 4 is 20.3 Å². The second-order valence-electron chi connectivity index (χ2n) is 9.08. The first-order chi connectivity index (χ1) is 12.5. The molecule has 0 N–H and O–H groups in total. The largest absolute Gasteiger partial charge is 0.547 e. The molecule has 1 heterocycles. The molecule has 27 heavy (non-hydrogen) atoms. The van der Waals surface area contributed by atoms with E-state index >= 15 is 0 Å². The van der Waals surface area contributed by atoms with Crippen molar-refractivity contribution in [3.8, 4) is 0 Å². The van der Waals surface area contributed by atoms with Gasteiger partial charge < -0.3 is 13.9 Å². The molecule has 1 aliphatic carbocycles. The lowest BCUT2D eigenvalue weighted by Crippen LogP contribution is -2.48. The number of nitrogens with zero attached hydrogens (tertiary/aromatic N) is 1. The number of allylic oxidation sites excluding steroid dienone is 1. The zero-order valence-electron chi connectivity index (χ0n) is 17.8. The molecule has 1 aliphatic heterocycles. The second kappa shape index (κ2) is 8.35. The Hall–Kier alpha value is -1.34. The number of hydrogen-bond acceptors (Lipinski definition) is 5. The topological polar surface area (TPSA) is 65.1 Å². The molecule has 0 unspecified atom stereocenters. The summed E-state index contributed by atoms with van der Waals surface area (Å²) in [6.45, 7) is 13.8. The van der Waals surface area contributed by atoms with Crippen LogP contribution >= 0.6 is 0 Å². The van der Waals surface area contributed by atoms with Gasteiger partial charge in [0.1, 0.15) is 6.61 Å². The Labute approximate surface area is 164 Å². The van der Waals surface area contributed by atoms with Crippen molar-refractivity contribution in [1.29, 1.82) is 0 Å². The third kappa shape index (κ3) is 4.74. The van der Waals surface area contributed by atoms with Crippen LogP contribution in [0.15, 0.2) is 11.8 Å². The van der Waals surface area contributed by atoms with Crippen molar-refractivity contribution in [3.05, 3.63) is 11.8 Å². The molecule has 1 fully saturated rings. The van der Waals surface area contributed by atoms with Crippen molar-refractivity contribution < 1.29 is 23.5 Å². The van der Waals surface area contributed by atoms with Crippen molar-refractivity contribution in [3.63, 3.8) is 0 Å².